The average molecular weight is 749 g/mol. The summed E-state index contributed by atoms with van der Waals surface area (Å²) in [5, 5.41) is 0. The molecule has 14 heteroatoms. The van der Waals surface area contributed by atoms with Gasteiger partial charge in [-0.05, 0) is 42.1 Å². The highest BCUT2D eigenvalue weighted by Gasteiger charge is 2.65. The lowest BCUT2D eigenvalue weighted by molar-refractivity contribution is -0.278. The number of carbonyl (C=O) groups is 3. The lowest BCUT2D eigenvalue weighted by atomic mass is 9.92. The van der Waals surface area contributed by atoms with E-state index >= 15 is 0 Å². The fourth-order valence-electron chi connectivity index (χ4n) is 4.65. The first-order valence-corrected chi connectivity index (χ1v) is 15.9. The van der Waals surface area contributed by atoms with Crippen LogP contribution in [0.4, 0.5) is 26.3 Å². The monoisotopic (exact) mass is 748 g/mol. The summed E-state index contributed by atoms with van der Waals surface area (Å²) >= 11 is 0. The number of hydrogen-bond donors (Lipinski definition) is 0. The smallest absolute Gasteiger partial charge is 0.432 e. The van der Waals surface area contributed by atoms with Gasteiger partial charge in [0.1, 0.15) is 12.7 Å². The number of carbonyl (C=O) groups excluding carboxylic acids is 3. The first kappa shape index (κ1) is 43.9. The van der Waals surface area contributed by atoms with Crippen molar-refractivity contribution in [1.29, 1.82) is 0 Å². The fraction of sp³-hybridized carbons (Fsp3) is 0.359. The molecule has 0 fully saturated rings. The van der Waals surface area contributed by atoms with Crippen LogP contribution < -0.4 is 0 Å². The minimum absolute atomic E-state index is 0.0107. The molecular weight excluding hydrogens is 710 g/mol. The van der Waals surface area contributed by atoms with Gasteiger partial charge in [0.2, 0.25) is 0 Å². The molecule has 3 atom stereocenters. The number of ether oxygens (including phenoxy) is 5. The van der Waals surface area contributed by atoms with Crippen LogP contribution in [0.2, 0.25) is 0 Å². The molecule has 0 radical (unpaired) electrons. The molecule has 0 aliphatic rings. The fourth-order valence-corrected chi connectivity index (χ4v) is 4.65. The summed E-state index contributed by atoms with van der Waals surface area (Å²) in [4.78, 5) is 37.6. The number of hydrogen-bond acceptors (Lipinski definition) is 8. The van der Waals surface area contributed by atoms with Crippen molar-refractivity contribution in [3.05, 3.63) is 108 Å². The number of rotatable bonds is 16. The number of alkyl halides is 6. The van der Waals surface area contributed by atoms with E-state index in [1.165, 1.54) is 72.9 Å². The standard InChI is InChI=1S/C39H38F6O8/c1-29(2)28-33(46)51-27-25-32(53-35(48)37(50-4,39(43,44)45)31-22-16-13-17-23-31)24-18-10-8-6-5-7-9-11-19-26-52-34(47)36(49-3,38(40,41)42)30-20-14-12-15-21-30/h8,10-24,29,32H,25-28H2,1-4H3/b10-8+,19-11+,24-18+/t32-,36+,37+/m1/s1. The van der Waals surface area contributed by atoms with E-state index in [2.05, 4.69) is 28.4 Å². The Hall–Kier alpha value is -5.31. The molecule has 2 aromatic rings. The Kier molecular flexibility index (Phi) is 17.1. The normalized spacial score (nSPS) is 14.8. The van der Waals surface area contributed by atoms with Crippen molar-refractivity contribution in [2.75, 3.05) is 27.4 Å². The third-order valence-electron chi connectivity index (χ3n) is 7.18. The van der Waals surface area contributed by atoms with E-state index < -0.39 is 65.3 Å². The summed E-state index contributed by atoms with van der Waals surface area (Å²) in [6.07, 6.45) is -3.88. The maximum Gasteiger partial charge on any atom is 0.432 e. The molecule has 2 rings (SSSR count). The van der Waals surface area contributed by atoms with Crippen LogP contribution in [-0.4, -0.2) is 63.8 Å². The molecule has 0 unspecified atom stereocenters. The first-order chi connectivity index (χ1) is 25.1. The second kappa shape index (κ2) is 20.7. The van der Waals surface area contributed by atoms with Gasteiger partial charge in [0.25, 0.3) is 11.2 Å². The highest BCUT2D eigenvalue weighted by molar-refractivity contribution is 5.83. The third-order valence-corrected chi connectivity index (χ3v) is 7.18. The van der Waals surface area contributed by atoms with E-state index in [-0.39, 0.29) is 25.4 Å². The second-order valence-electron chi connectivity index (χ2n) is 11.3. The van der Waals surface area contributed by atoms with Gasteiger partial charge in [0.15, 0.2) is 0 Å². The minimum atomic E-state index is -5.19. The summed E-state index contributed by atoms with van der Waals surface area (Å²) in [6.45, 7) is 2.82. The zero-order valence-corrected chi connectivity index (χ0v) is 29.3. The molecule has 284 valence electrons. The van der Waals surface area contributed by atoms with Gasteiger partial charge in [0.05, 0.1) is 6.61 Å². The number of methoxy groups -OCH3 is 2. The van der Waals surface area contributed by atoms with Crippen LogP contribution in [0.5, 0.6) is 0 Å². The third kappa shape index (κ3) is 12.1. The van der Waals surface area contributed by atoms with E-state index in [0.29, 0.717) is 0 Å². The summed E-state index contributed by atoms with van der Waals surface area (Å²) < 4.78 is 109. The van der Waals surface area contributed by atoms with Gasteiger partial charge < -0.3 is 23.7 Å². The summed E-state index contributed by atoms with van der Waals surface area (Å²) in [7, 11) is 1.50. The maximum atomic E-state index is 14.4. The van der Waals surface area contributed by atoms with Crippen LogP contribution in [0.25, 0.3) is 0 Å². The predicted octanol–water partition coefficient (Wildman–Crippen LogP) is 7.30. The van der Waals surface area contributed by atoms with Crippen molar-refractivity contribution < 1.29 is 64.4 Å². The summed E-state index contributed by atoms with van der Waals surface area (Å²) in [6, 6.07) is 12.6. The molecule has 0 spiro atoms. The Morgan fingerprint density at radius 1 is 0.717 bits per heavy atom. The Labute approximate surface area is 303 Å². The summed E-state index contributed by atoms with van der Waals surface area (Å²) in [5.41, 5.74) is -7.68. The molecule has 0 aromatic heterocycles. The molecule has 0 amide bonds. The van der Waals surface area contributed by atoms with Gasteiger partial charge in [-0.2, -0.15) is 26.3 Å². The van der Waals surface area contributed by atoms with E-state index in [1.807, 2.05) is 0 Å². The molecular formula is C39H38F6O8. The zero-order valence-electron chi connectivity index (χ0n) is 29.3. The SMILES string of the molecule is CO[C@](C(=O)OC/C=C/C#CC#C/C=C/C=C/[C@H](CCOC(=O)CC(C)C)OC(=O)[C@@](OC)(c1ccccc1)C(F)(F)F)(c1ccccc1)C(F)(F)F. The lowest BCUT2D eigenvalue weighted by Gasteiger charge is -2.33. The molecule has 0 aliphatic heterocycles. The molecule has 0 aliphatic carbocycles. The van der Waals surface area contributed by atoms with Crippen molar-refractivity contribution in [2.24, 2.45) is 5.92 Å². The van der Waals surface area contributed by atoms with Crippen LogP contribution in [0, 0.1) is 29.6 Å². The lowest BCUT2D eigenvalue weighted by Crippen LogP contribution is -2.52. The van der Waals surface area contributed by atoms with Gasteiger partial charge in [-0.3, -0.25) is 4.79 Å². The minimum Gasteiger partial charge on any atom is -0.466 e. The van der Waals surface area contributed by atoms with Crippen molar-refractivity contribution >= 4 is 17.9 Å². The molecule has 0 saturated carbocycles. The largest absolute Gasteiger partial charge is 0.466 e. The first-order valence-electron chi connectivity index (χ1n) is 15.9. The number of halogens is 6. The van der Waals surface area contributed by atoms with Crippen molar-refractivity contribution in [3.63, 3.8) is 0 Å². The number of benzene rings is 2. The van der Waals surface area contributed by atoms with Gasteiger partial charge in [-0.15, -0.1) is 0 Å². The van der Waals surface area contributed by atoms with Crippen LogP contribution in [0.3, 0.4) is 0 Å². The molecule has 0 N–H and O–H groups in total. The average Bonchev–Trinajstić information content (AvgIpc) is 3.09. The second-order valence-corrected chi connectivity index (χ2v) is 11.3. The highest BCUT2D eigenvalue weighted by atomic mass is 19.4. The Morgan fingerprint density at radius 2 is 1.23 bits per heavy atom. The van der Waals surface area contributed by atoms with E-state index in [1.54, 1.807) is 13.8 Å². The Balaban J connectivity index is 2.10. The van der Waals surface area contributed by atoms with Gasteiger partial charge in [-0.25, -0.2) is 9.59 Å². The zero-order chi connectivity index (χ0) is 39.5. The van der Waals surface area contributed by atoms with Gasteiger partial charge in [0, 0.05) is 38.2 Å². The van der Waals surface area contributed by atoms with Crippen LogP contribution in [0.1, 0.15) is 37.8 Å². The molecule has 0 bridgehead atoms. The number of allylic oxidation sites excluding steroid dienone is 4. The van der Waals surface area contributed by atoms with Crippen molar-refractivity contribution in [3.8, 4) is 23.7 Å². The predicted molar refractivity (Wildman–Crippen MR) is 181 cm³/mol. The van der Waals surface area contributed by atoms with E-state index in [0.717, 1.165) is 38.5 Å². The molecule has 53 heavy (non-hydrogen) atoms. The van der Waals surface area contributed by atoms with Gasteiger partial charge in [-0.1, -0.05) is 98.5 Å². The van der Waals surface area contributed by atoms with Crippen LogP contribution in [-0.2, 0) is 49.3 Å². The quantitative estimate of drug-likeness (QED) is 0.0581. The molecule has 2 aromatic carbocycles. The van der Waals surface area contributed by atoms with E-state index in [4.69, 9.17) is 18.9 Å². The van der Waals surface area contributed by atoms with E-state index in [9.17, 15) is 40.7 Å². The summed E-state index contributed by atoms with van der Waals surface area (Å²) in [5.74, 6) is 6.05. The Morgan fingerprint density at radius 3 is 1.72 bits per heavy atom. The highest BCUT2D eigenvalue weighted by Crippen LogP contribution is 2.44. The molecule has 0 heterocycles. The topological polar surface area (TPSA) is 97.4 Å². The number of esters is 3. The van der Waals surface area contributed by atoms with Crippen LogP contribution in [0.15, 0.2) is 97.1 Å². The molecule has 8 nitrogen and oxygen atoms in total. The van der Waals surface area contributed by atoms with Crippen LogP contribution >= 0.6 is 0 Å². The van der Waals surface area contributed by atoms with Crippen molar-refractivity contribution in [2.45, 2.75) is 56.3 Å². The molecule has 0 saturated heterocycles. The van der Waals surface area contributed by atoms with Gasteiger partial charge >= 0.3 is 30.3 Å². The maximum absolute atomic E-state index is 14.4. The van der Waals surface area contributed by atoms with Crippen molar-refractivity contribution in [1.82, 2.24) is 0 Å². The Bertz CT molecular complexity index is 1710.